The van der Waals surface area contributed by atoms with Gasteiger partial charge >= 0.3 is 379 Å². The van der Waals surface area contributed by atoms with E-state index in [-0.39, 0.29) is 0 Å². The van der Waals surface area contributed by atoms with Gasteiger partial charge < -0.3 is 0 Å². The molecule has 0 saturated heterocycles. The standard InChI is InChI=1S/C48H51O9Se.C32H12BF24/c1-4-16-40(17-5-1)52-34-28-49-31-37-55-43-22-10-13-25-46(43)58(47-26-14-11-23-44(47)56-38-32-50-29-35-53-41-18-6-2-7-19-41)48-27-15-12-24-45(48)57-39-33-51-30-36-54-42-20-8-3-9-21-42;34-25(35,36)13-1-14(26(37,38)39)6-21(5-13)33(22-7-15(27(40,41)42)2-16(8-22)28(43,44)45,23-9-17(29(46,47)48)3-18(10-23)30(49,50)51)24-11-19(31(52,53)54)4-20(12-24)32(55,56)57/h1-27H,28-39H2;1-12H/q+1;-1. The molecule has 0 atom stereocenters. The van der Waals surface area contributed by atoms with Gasteiger partial charge in [0.2, 0.25) is 0 Å². The summed E-state index contributed by atoms with van der Waals surface area (Å²) in [4.78, 5) is 0. The van der Waals surface area contributed by atoms with Gasteiger partial charge in [-0.25, -0.2) is 0 Å². The summed E-state index contributed by atoms with van der Waals surface area (Å²) in [5, 5.41) is 0. The van der Waals surface area contributed by atoms with Gasteiger partial charge in [-0.3, -0.25) is 0 Å². The second-order valence-electron chi connectivity index (χ2n) is 24.7. The van der Waals surface area contributed by atoms with Gasteiger partial charge in [0.15, 0.2) is 0 Å². The fraction of sp³-hybridized carbons (Fsp3) is 0.250. The summed E-state index contributed by atoms with van der Waals surface area (Å²) in [5.74, 6) is 4.85. The number of halogens is 24. The first-order valence-corrected chi connectivity index (χ1v) is 36.7. The first-order chi connectivity index (χ1) is 54.1. The molecule has 10 aromatic carbocycles. The zero-order chi connectivity index (χ0) is 83.6. The fourth-order valence-corrected chi connectivity index (χ4v) is 16.7. The first-order valence-electron chi connectivity index (χ1n) is 34.1. The van der Waals surface area contributed by atoms with Crippen molar-refractivity contribution in [2.45, 2.75) is 49.4 Å². The Morgan fingerprint density at radius 2 is 0.374 bits per heavy atom. The van der Waals surface area contributed by atoms with Gasteiger partial charge in [-0.1, -0.05) is 66.7 Å². The zero-order valence-electron chi connectivity index (χ0n) is 59.2. The monoisotopic (exact) mass is 1710 g/mol. The molecule has 9 nitrogen and oxygen atoms in total. The topological polar surface area (TPSA) is 83.1 Å². The van der Waals surface area contributed by atoms with Crippen molar-refractivity contribution in [3.8, 4) is 34.5 Å². The van der Waals surface area contributed by atoms with Crippen molar-refractivity contribution in [2.24, 2.45) is 0 Å². The van der Waals surface area contributed by atoms with E-state index in [0.717, 1.165) is 47.9 Å². The van der Waals surface area contributed by atoms with E-state index in [1.807, 2.05) is 127 Å². The molecule has 115 heavy (non-hydrogen) atoms. The van der Waals surface area contributed by atoms with Gasteiger partial charge in [-0.2, -0.15) is 127 Å². The molecule has 0 unspecified atom stereocenters. The van der Waals surface area contributed by atoms with E-state index in [9.17, 15) is 105 Å². The van der Waals surface area contributed by atoms with Gasteiger partial charge in [-0.15, -0.1) is 0 Å². The molecule has 0 aliphatic rings. The number of benzene rings is 10. The van der Waals surface area contributed by atoms with Crippen LogP contribution in [0.25, 0.3) is 0 Å². The SMILES string of the molecule is FC(F)(F)c1cc([B-](c2cc(C(F)(F)F)cc(C(F)(F)F)c2)(c2cc(C(F)(F)F)cc(C(F)(F)F)c2)c2cc(C(F)(F)F)cc(C(F)(F)F)c2)cc(C(F)(F)F)c1.c1ccc(OCCOCCOc2ccccc2[Se+](c2ccccc2OCCOCCOc2ccccc2)c2ccccc2OCCOCCOc2ccccc2)cc1. The van der Waals surface area contributed by atoms with Crippen LogP contribution in [0.5, 0.6) is 34.5 Å². The summed E-state index contributed by atoms with van der Waals surface area (Å²) in [6.45, 7) is 5.16. The molecular formula is C80H63BF24O9Se. The third kappa shape index (κ3) is 24.7. The van der Waals surface area contributed by atoms with Gasteiger partial charge in [0.05, 0.1) is 44.5 Å². The van der Waals surface area contributed by atoms with Crippen LogP contribution in [-0.4, -0.2) is 99.3 Å². The van der Waals surface area contributed by atoms with Crippen LogP contribution in [0, 0.1) is 0 Å². The van der Waals surface area contributed by atoms with Crippen LogP contribution in [0.2, 0.25) is 0 Å². The predicted octanol–water partition coefficient (Wildman–Crippen LogP) is 17.8. The van der Waals surface area contributed by atoms with E-state index < -0.39 is 209 Å². The molecule has 0 saturated carbocycles. The fourth-order valence-electron chi connectivity index (χ4n) is 11.8. The molecule has 614 valence electrons. The van der Waals surface area contributed by atoms with Crippen LogP contribution in [0.4, 0.5) is 105 Å². The molecule has 0 fully saturated rings. The molecule has 35 heteroatoms. The summed E-state index contributed by atoms with van der Waals surface area (Å²) >= 11 is -2.10. The number of hydrogen-bond donors (Lipinski definition) is 0. The van der Waals surface area contributed by atoms with Crippen LogP contribution in [0.3, 0.4) is 0 Å². The molecule has 0 heterocycles. The van der Waals surface area contributed by atoms with E-state index >= 15 is 0 Å². The van der Waals surface area contributed by atoms with E-state index in [4.69, 9.17) is 42.6 Å². The van der Waals surface area contributed by atoms with Crippen molar-refractivity contribution in [3.63, 3.8) is 0 Å². The normalized spacial score (nSPS) is 12.6. The van der Waals surface area contributed by atoms with E-state index in [2.05, 4.69) is 36.4 Å². The van der Waals surface area contributed by atoms with E-state index in [1.54, 1.807) is 0 Å². The van der Waals surface area contributed by atoms with Crippen molar-refractivity contribution in [1.29, 1.82) is 0 Å². The molecule has 10 rings (SSSR count). The van der Waals surface area contributed by atoms with Crippen molar-refractivity contribution in [3.05, 3.63) is 281 Å². The maximum atomic E-state index is 14.2. The van der Waals surface area contributed by atoms with Crippen LogP contribution in [0.1, 0.15) is 44.5 Å². The second kappa shape index (κ2) is 38.0. The van der Waals surface area contributed by atoms with Crippen molar-refractivity contribution in [1.82, 2.24) is 0 Å². The van der Waals surface area contributed by atoms with Gasteiger partial charge in [0, 0.05) is 0 Å². The third-order valence-corrected chi connectivity index (χ3v) is 21.7. The number of hydrogen-bond acceptors (Lipinski definition) is 9. The van der Waals surface area contributed by atoms with Crippen molar-refractivity contribution < 1.29 is 148 Å². The Bertz CT molecular complexity index is 4100. The van der Waals surface area contributed by atoms with Crippen LogP contribution in [-0.2, 0) is 63.6 Å². The van der Waals surface area contributed by atoms with Crippen molar-refractivity contribution >= 4 is 55.3 Å². The van der Waals surface area contributed by atoms with Crippen LogP contribution in [0.15, 0.2) is 237 Å². The van der Waals surface area contributed by atoms with Gasteiger partial charge in [0.1, 0.15) is 6.15 Å². The molecule has 0 amide bonds. The average Bonchev–Trinajstić information content (AvgIpc) is 0.706. The molecule has 0 bridgehead atoms. The van der Waals surface area contributed by atoms with Crippen LogP contribution < -0.4 is 63.7 Å². The minimum atomic E-state index is -6.13. The second-order valence-corrected chi connectivity index (χ2v) is 28.8. The Kier molecular flexibility index (Phi) is 29.3. The summed E-state index contributed by atoms with van der Waals surface area (Å²) in [7, 11) is 0. The number of para-hydroxylation sites is 6. The first kappa shape index (κ1) is 88.7. The quantitative estimate of drug-likeness (QED) is 0.0240. The molecule has 0 spiro atoms. The Morgan fingerprint density at radius 1 is 0.200 bits per heavy atom. The molecule has 0 aromatic heterocycles. The van der Waals surface area contributed by atoms with E-state index in [0.29, 0.717) is 79.3 Å². The number of ether oxygens (including phenoxy) is 9. The van der Waals surface area contributed by atoms with E-state index in [1.165, 1.54) is 0 Å². The Hall–Kier alpha value is -10.2. The zero-order valence-corrected chi connectivity index (χ0v) is 60.9. The molecule has 0 N–H and O–H groups in total. The molecule has 0 aliphatic heterocycles. The summed E-state index contributed by atoms with van der Waals surface area (Å²) < 4.78 is 398. The summed E-state index contributed by atoms with van der Waals surface area (Å²) in [6, 6.07) is 45.0. The molecular weight excluding hydrogens is 1650 g/mol. The molecule has 0 aliphatic carbocycles. The summed E-state index contributed by atoms with van der Waals surface area (Å²) in [6.07, 6.45) is -54.8. The Balaban J connectivity index is 0.000000263. The number of alkyl halides is 24. The average molecular weight is 1710 g/mol. The third-order valence-electron chi connectivity index (χ3n) is 16.8. The van der Waals surface area contributed by atoms with Gasteiger partial charge in [-0.05, 0) is 24.3 Å². The maximum absolute atomic E-state index is 14.2. The Morgan fingerprint density at radius 3 is 0.565 bits per heavy atom. The Labute approximate surface area is 645 Å². The summed E-state index contributed by atoms with van der Waals surface area (Å²) in [5.41, 5.74) is -30.2. The van der Waals surface area contributed by atoms with Crippen LogP contribution >= 0.6 is 0 Å². The van der Waals surface area contributed by atoms with Crippen molar-refractivity contribution in [2.75, 3.05) is 79.3 Å². The number of rotatable bonds is 31. The van der Waals surface area contributed by atoms with Gasteiger partial charge in [0.25, 0.3) is 0 Å². The predicted molar refractivity (Wildman–Crippen MR) is 379 cm³/mol. The molecule has 10 aromatic rings. The minimum absolute atomic E-state index is 0.383. The molecule has 0 radical (unpaired) electrons.